The first-order valence-corrected chi connectivity index (χ1v) is 8.14. The molecular formula is C18H19N3OS. The molecular weight excluding hydrogens is 306 g/mol. The number of nitrogens with one attached hydrogen (secondary N) is 1. The third-order valence-corrected chi connectivity index (χ3v) is 4.41. The summed E-state index contributed by atoms with van der Waals surface area (Å²) >= 11 is 1.69. The summed E-state index contributed by atoms with van der Waals surface area (Å²) in [5, 5.41) is 13.7. The Bertz CT molecular complexity index is 697. The fourth-order valence-corrected chi connectivity index (χ4v) is 3.04. The molecule has 0 saturated heterocycles. The number of carbonyl (C=O) groups excluding carboxylic acids is 1. The predicted molar refractivity (Wildman–Crippen MR) is 93.9 cm³/mol. The number of rotatable bonds is 6. The van der Waals surface area contributed by atoms with Gasteiger partial charge in [-0.1, -0.05) is 18.2 Å². The van der Waals surface area contributed by atoms with Crippen molar-refractivity contribution in [3.05, 3.63) is 63.9 Å². The Balaban J connectivity index is 1.91. The Hall–Kier alpha value is -2.42. The minimum atomic E-state index is -0.127. The molecule has 1 aromatic heterocycles. The predicted octanol–water partition coefficient (Wildman–Crippen LogP) is 3.05. The summed E-state index contributed by atoms with van der Waals surface area (Å²) in [4.78, 5) is 15.3. The van der Waals surface area contributed by atoms with Crippen molar-refractivity contribution in [1.29, 1.82) is 5.26 Å². The molecule has 0 aliphatic rings. The second-order valence-electron chi connectivity index (χ2n) is 5.31. The molecule has 1 heterocycles. The van der Waals surface area contributed by atoms with Crippen molar-refractivity contribution in [2.24, 2.45) is 0 Å². The first-order valence-electron chi connectivity index (χ1n) is 7.26. The van der Waals surface area contributed by atoms with Crippen molar-refractivity contribution in [3.63, 3.8) is 0 Å². The Labute approximate surface area is 140 Å². The van der Waals surface area contributed by atoms with Gasteiger partial charge in [0.05, 0.1) is 17.7 Å². The highest BCUT2D eigenvalue weighted by atomic mass is 32.1. The van der Waals surface area contributed by atoms with Crippen molar-refractivity contribution in [2.45, 2.75) is 6.04 Å². The van der Waals surface area contributed by atoms with E-state index in [0.29, 0.717) is 12.1 Å². The van der Waals surface area contributed by atoms with Gasteiger partial charge in [0.1, 0.15) is 0 Å². The first-order chi connectivity index (χ1) is 11.1. The Morgan fingerprint density at radius 1 is 1.35 bits per heavy atom. The summed E-state index contributed by atoms with van der Waals surface area (Å²) in [6, 6.07) is 13.4. The van der Waals surface area contributed by atoms with Crippen LogP contribution in [0.15, 0.2) is 47.9 Å². The lowest BCUT2D eigenvalue weighted by Gasteiger charge is -2.23. The van der Waals surface area contributed by atoms with Gasteiger partial charge >= 0.3 is 0 Å². The number of benzene rings is 1. The van der Waals surface area contributed by atoms with Crippen LogP contribution in [0, 0.1) is 11.3 Å². The highest BCUT2D eigenvalue weighted by molar-refractivity contribution is 7.10. The summed E-state index contributed by atoms with van der Waals surface area (Å²) < 4.78 is 0. The van der Waals surface area contributed by atoms with E-state index in [2.05, 4.69) is 22.4 Å². The minimum absolute atomic E-state index is 0.127. The van der Waals surface area contributed by atoms with Crippen LogP contribution in [-0.4, -0.2) is 31.4 Å². The van der Waals surface area contributed by atoms with Crippen LogP contribution in [-0.2, 0) is 4.79 Å². The third kappa shape index (κ3) is 5.06. The SMILES string of the molecule is CN(C)C(CNC(=O)/C=C/c1ccc(C#N)cc1)c1cccs1. The zero-order valence-corrected chi connectivity index (χ0v) is 14.0. The van der Waals surface area contributed by atoms with Gasteiger partial charge in [0.25, 0.3) is 0 Å². The zero-order chi connectivity index (χ0) is 16.7. The molecule has 0 spiro atoms. The monoisotopic (exact) mass is 325 g/mol. The minimum Gasteiger partial charge on any atom is -0.351 e. The molecule has 0 aliphatic carbocycles. The van der Waals surface area contributed by atoms with Crippen LogP contribution < -0.4 is 5.32 Å². The second-order valence-corrected chi connectivity index (χ2v) is 6.29. The van der Waals surface area contributed by atoms with Crippen molar-refractivity contribution in [1.82, 2.24) is 10.2 Å². The van der Waals surface area contributed by atoms with E-state index < -0.39 is 0 Å². The molecule has 1 N–H and O–H groups in total. The Morgan fingerprint density at radius 3 is 2.65 bits per heavy atom. The van der Waals surface area contributed by atoms with Gasteiger partial charge in [-0.3, -0.25) is 4.79 Å². The van der Waals surface area contributed by atoms with Gasteiger partial charge in [0.15, 0.2) is 0 Å². The molecule has 2 rings (SSSR count). The molecule has 0 saturated carbocycles. The molecule has 1 unspecified atom stereocenters. The maximum absolute atomic E-state index is 12.0. The second kappa shape index (κ2) is 8.28. The zero-order valence-electron chi connectivity index (χ0n) is 13.2. The number of hydrogen-bond donors (Lipinski definition) is 1. The number of hydrogen-bond acceptors (Lipinski definition) is 4. The molecule has 1 aromatic carbocycles. The van der Waals surface area contributed by atoms with Gasteiger partial charge in [0.2, 0.25) is 5.91 Å². The van der Waals surface area contributed by atoms with Crippen LogP contribution in [0.2, 0.25) is 0 Å². The van der Waals surface area contributed by atoms with E-state index in [1.54, 1.807) is 29.5 Å². The number of carbonyl (C=O) groups is 1. The number of thiophene rings is 1. The maximum atomic E-state index is 12.0. The number of nitriles is 1. The summed E-state index contributed by atoms with van der Waals surface area (Å²) in [6.07, 6.45) is 3.26. The van der Waals surface area contributed by atoms with E-state index >= 15 is 0 Å². The summed E-state index contributed by atoms with van der Waals surface area (Å²) in [7, 11) is 4.01. The summed E-state index contributed by atoms with van der Waals surface area (Å²) in [5.74, 6) is -0.127. The fourth-order valence-electron chi connectivity index (χ4n) is 2.12. The van der Waals surface area contributed by atoms with Crippen LogP contribution in [0.1, 0.15) is 22.0 Å². The van der Waals surface area contributed by atoms with Crippen LogP contribution >= 0.6 is 11.3 Å². The smallest absolute Gasteiger partial charge is 0.244 e. The Morgan fingerprint density at radius 2 is 2.09 bits per heavy atom. The molecule has 118 valence electrons. The molecule has 0 aliphatic heterocycles. The van der Waals surface area contributed by atoms with Gasteiger partial charge in [-0.2, -0.15) is 5.26 Å². The summed E-state index contributed by atoms with van der Waals surface area (Å²) in [6.45, 7) is 0.560. The van der Waals surface area contributed by atoms with E-state index in [0.717, 1.165) is 5.56 Å². The lowest BCUT2D eigenvalue weighted by molar-refractivity contribution is -0.116. The molecule has 0 radical (unpaired) electrons. The van der Waals surface area contributed by atoms with E-state index in [4.69, 9.17) is 5.26 Å². The largest absolute Gasteiger partial charge is 0.351 e. The average Bonchev–Trinajstić information content (AvgIpc) is 3.07. The van der Waals surface area contributed by atoms with Crippen molar-refractivity contribution in [3.8, 4) is 6.07 Å². The van der Waals surface area contributed by atoms with E-state index in [1.807, 2.05) is 37.7 Å². The molecule has 4 nitrogen and oxygen atoms in total. The lowest BCUT2D eigenvalue weighted by atomic mass is 10.1. The van der Waals surface area contributed by atoms with E-state index in [9.17, 15) is 4.79 Å². The van der Waals surface area contributed by atoms with Crippen LogP contribution in [0.25, 0.3) is 6.08 Å². The van der Waals surface area contributed by atoms with Crippen molar-refractivity contribution < 1.29 is 4.79 Å². The molecule has 2 aromatic rings. The third-order valence-electron chi connectivity index (χ3n) is 3.43. The first kappa shape index (κ1) is 16.9. The number of nitrogens with zero attached hydrogens (tertiary/aromatic N) is 2. The lowest BCUT2D eigenvalue weighted by Crippen LogP contribution is -2.33. The standard InChI is InChI=1S/C18H19N3OS/c1-21(2)16(17-4-3-11-23-17)13-20-18(22)10-9-14-5-7-15(12-19)8-6-14/h3-11,16H,13H2,1-2H3,(H,20,22)/b10-9+. The Kier molecular flexibility index (Phi) is 6.10. The van der Waals surface area contributed by atoms with Crippen LogP contribution in [0.5, 0.6) is 0 Å². The highest BCUT2D eigenvalue weighted by Gasteiger charge is 2.15. The molecule has 23 heavy (non-hydrogen) atoms. The quantitative estimate of drug-likeness (QED) is 0.831. The average molecular weight is 325 g/mol. The number of likely N-dealkylation sites (N-methyl/N-ethyl adjacent to an activating group) is 1. The normalized spacial score (nSPS) is 12.3. The van der Waals surface area contributed by atoms with Crippen LogP contribution in [0.4, 0.5) is 0 Å². The number of amides is 1. The van der Waals surface area contributed by atoms with Gasteiger partial charge in [-0.05, 0) is 49.3 Å². The van der Waals surface area contributed by atoms with Gasteiger partial charge in [-0.25, -0.2) is 0 Å². The van der Waals surface area contributed by atoms with Crippen LogP contribution in [0.3, 0.4) is 0 Å². The van der Waals surface area contributed by atoms with E-state index in [-0.39, 0.29) is 11.9 Å². The highest BCUT2D eigenvalue weighted by Crippen LogP contribution is 2.22. The van der Waals surface area contributed by atoms with Gasteiger partial charge in [-0.15, -0.1) is 11.3 Å². The van der Waals surface area contributed by atoms with Gasteiger partial charge in [0, 0.05) is 17.5 Å². The molecule has 1 amide bonds. The molecule has 1 atom stereocenters. The molecule has 0 bridgehead atoms. The van der Waals surface area contributed by atoms with Crippen molar-refractivity contribution >= 4 is 23.3 Å². The summed E-state index contributed by atoms with van der Waals surface area (Å²) in [5.41, 5.74) is 1.50. The fraction of sp³-hybridized carbons (Fsp3) is 0.222. The van der Waals surface area contributed by atoms with E-state index in [1.165, 1.54) is 11.0 Å². The molecule has 0 fully saturated rings. The molecule has 5 heteroatoms. The van der Waals surface area contributed by atoms with Crippen molar-refractivity contribution in [2.75, 3.05) is 20.6 Å². The van der Waals surface area contributed by atoms with Gasteiger partial charge < -0.3 is 10.2 Å². The maximum Gasteiger partial charge on any atom is 0.244 e. The topological polar surface area (TPSA) is 56.1 Å².